The Bertz CT molecular complexity index is 932. The second kappa shape index (κ2) is 8.42. The summed E-state index contributed by atoms with van der Waals surface area (Å²) in [7, 11) is 0. The fourth-order valence-corrected chi connectivity index (χ4v) is 5.15. The van der Waals surface area contributed by atoms with E-state index in [9.17, 15) is 9.59 Å². The van der Waals surface area contributed by atoms with Gasteiger partial charge in [0.05, 0.1) is 6.54 Å². The third-order valence-corrected chi connectivity index (χ3v) is 6.56. The first-order valence-corrected chi connectivity index (χ1v) is 11.2. The minimum atomic E-state index is 0.0490. The maximum atomic E-state index is 13.0. The van der Waals surface area contributed by atoms with Crippen LogP contribution in [0.1, 0.15) is 41.9 Å². The van der Waals surface area contributed by atoms with Crippen LogP contribution in [-0.4, -0.2) is 77.3 Å². The second-order valence-corrected chi connectivity index (χ2v) is 9.54. The lowest BCUT2D eigenvalue weighted by atomic mass is 9.92. The summed E-state index contributed by atoms with van der Waals surface area (Å²) in [5.74, 6) is 1.44. The summed E-state index contributed by atoms with van der Waals surface area (Å²) < 4.78 is 0. The molecule has 2 atom stereocenters. The lowest BCUT2D eigenvalue weighted by molar-refractivity contribution is -0.135. The van der Waals surface area contributed by atoms with Crippen molar-refractivity contribution >= 4 is 22.7 Å². The number of carbonyl (C=O) groups excluding carboxylic acids is 2. The van der Waals surface area contributed by atoms with E-state index in [0.717, 1.165) is 37.1 Å². The highest BCUT2D eigenvalue weighted by atomic mass is 16.2. The molecule has 162 valence electrons. The van der Waals surface area contributed by atoms with Crippen LogP contribution in [0.2, 0.25) is 0 Å². The molecule has 2 fully saturated rings. The van der Waals surface area contributed by atoms with E-state index >= 15 is 0 Å². The summed E-state index contributed by atoms with van der Waals surface area (Å²) in [4.78, 5) is 35.2. The van der Waals surface area contributed by atoms with Crippen LogP contribution in [-0.2, 0) is 4.79 Å². The molecule has 0 saturated carbocycles. The molecule has 1 aromatic carbocycles. The van der Waals surface area contributed by atoms with Crippen LogP contribution in [0, 0.1) is 25.7 Å². The van der Waals surface area contributed by atoms with Crippen molar-refractivity contribution in [2.45, 2.75) is 34.1 Å². The Morgan fingerprint density at radius 1 is 0.967 bits per heavy atom. The number of rotatable bonds is 3. The summed E-state index contributed by atoms with van der Waals surface area (Å²) in [5.41, 5.74) is 4.05. The molecule has 6 heteroatoms. The monoisotopic (exact) mass is 410 g/mol. The molecule has 2 aliphatic rings. The molecular weight excluding hydrogens is 376 g/mol. The van der Waals surface area contributed by atoms with Crippen molar-refractivity contribution in [2.24, 2.45) is 11.8 Å². The third kappa shape index (κ3) is 4.38. The van der Waals surface area contributed by atoms with Crippen molar-refractivity contribution in [3.63, 3.8) is 0 Å². The van der Waals surface area contributed by atoms with Crippen molar-refractivity contribution in [2.75, 3.05) is 45.8 Å². The number of H-pyrrole nitrogens is 1. The zero-order valence-corrected chi connectivity index (χ0v) is 18.7. The number of aromatic amines is 1. The van der Waals surface area contributed by atoms with Gasteiger partial charge in [-0.15, -0.1) is 0 Å². The number of nitrogens with zero attached hydrogens (tertiary/aromatic N) is 3. The van der Waals surface area contributed by atoms with Gasteiger partial charge >= 0.3 is 0 Å². The van der Waals surface area contributed by atoms with E-state index in [2.05, 4.69) is 49.7 Å². The van der Waals surface area contributed by atoms with Gasteiger partial charge in [-0.2, -0.15) is 0 Å². The van der Waals surface area contributed by atoms with Gasteiger partial charge < -0.3 is 14.8 Å². The smallest absolute Gasteiger partial charge is 0.270 e. The predicted octanol–water partition coefficient (Wildman–Crippen LogP) is 3.05. The van der Waals surface area contributed by atoms with Crippen LogP contribution in [0.15, 0.2) is 18.2 Å². The number of hydrogen-bond acceptors (Lipinski definition) is 3. The summed E-state index contributed by atoms with van der Waals surface area (Å²) >= 11 is 0. The molecule has 3 heterocycles. The van der Waals surface area contributed by atoms with Crippen LogP contribution in [0.5, 0.6) is 0 Å². The first kappa shape index (κ1) is 20.9. The van der Waals surface area contributed by atoms with E-state index in [-0.39, 0.29) is 11.8 Å². The summed E-state index contributed by atoms with van der Waals surface area (Å²) in [5, 5.41) is 1.11. The van der Waals surface area contributed by atoms with E-state index in [4.69, 9.17) is 0 Å². The molecule has 2 unspecified atom stereocenters. The first-order chi connectivity index (χ1) is 14.3. The van der Waals surface area contributed by atoms with Crippen LogP contribution in [0.3, 0.4) is 0 Å². The average molecular weight is 411 g/mol. The summed E-state index contributed by atoms with van der Waals surface area (Å²) in [6, 6.07) is 6.20. The molecular formula is C24H34N4O2. The fraction of sp³-hybridized carbons (Fsp3) is 0.583. The highest BCUT2D eigenvalue weighted by Crippen LogP contribution is 2.23. The van der Waals surface area contributed by atoms with E-state index in [1.54, 1.807) is 0 Å². The van der Waals surface area contributed by atoms with Crippen molar-refractivity contribution in [1.82, 2.24) is 19.7 Å². The molecule has 2 aliphatic heterocycles. The number of likely N-dealkylation sites (tertiary alicyclic amines) is 1. The largest absolute Gasteiger partial charge is 0.351 e. The van der Waals surface area contributed by atoms with Gasteiger partial charge in [-0.3, -0.25) is 14.5 Å². The molecule has 2 aromatic rings. The highest BCUT2D eigenvalue weighted by Gasteiger charge is 2.29. The molecule has 0 radical (unpaired) electrons. The van der Waals surface area contributed by atoms with Gasteiger partial charge in [0, 0.05) is 50.2 Å². The van der Waals surface area contributed by atoms with Crippen LogP contribution in [0.4, 0.5) is 0 Å². The van der Waals surface area contributed by atoms with Gasteiger partial charge in [-0.05, 0) is 55.4 Å². The molecule has 2 amide bonds. The number of aromatic nitrogens is 1. The maximum Gasteiger partial charge on any atom is 0.270 e. The first-order valence-electron chi connectivity index (χ1n) is 11.2. The highest BCUT2D eigenvalue weighted by molar-refractivity contribution is 5.99. The maximum absolute atomic E-state index is 13.0. The molecule has 6 nitrogen and oxygen atoms in total. The minimum Gasteiger partial charge on any atom is -0.351 e. The molecule has 4 rings (SSSR count). The number of amides is 2. The number of aryl methyl sites for hydroxylation is 2. The fourth-order valence-electron chi connectivity index (χ4n) is 5.15. The number of fused-ring (bicyclic) bond motifs is 1. The molecule has 0 spiro atoms. The van der Waals surface area contributed by atoms with Crippen LogP contribution >= 0.6 is 0 Å². The number of piperazine rings is 1. The van der Waals surface area contributed by atoms with Crippen molar-refractivity contribution in [1.29, 1.82) is 0 Å². The Labute approximate surface area is 179 Å². The van der Waals surface area contributed by atoms with Gasteiger partial charge in [0.1, 0.15) is 5.69 Å². The van der Waals surface area contributed by atoms with Gasteiger partial charge in [0.2, 0.25) is 5.91 Å². The van der Waals surface area contributed by atoms with Gasteiger partial charge in [-0.25, -0.2) is 0 Å². The molecule has 1 N–H and O–H groups in total. The molecule has 0 aliphatic carbocycles. The molecule has 30 heavy (non-hydrogen) atoms. The molecule has 2 saturated heterocycles. The van der Waals surface area contributed by atoms with Crippen molar-refractivity contribution in [3.8, 4) is 0 Å². The Kier molecular flexibility index (Phi) is 5.87. The topological polar surface area (TPSA) is 59.7 Å². The minimum absolute atomic E-state index is 0.0490. The van der Waals surface area contributed by atoms with Crippen LogP contribution in [0.25, 0.3) is 10.9 Å². The SMILES string of the molecule is Cc1cc(C)c2cc(C(=O)N3CCN(CC(=O)N4CC(C)CC(C)C4)CC3)[nH]c2c1. The standard InChI is InChI=1S/C24H34N4O2/c1-16-10-19(4)20-12-22(25-21(20)11-16)24(30)27-7-5-26(6-8-27)15-23(29)28-13-17(2)9-18(3)14-28/h10-12,17-18,25H,5-9,13-15H2,1-4H3. The Balaban J connectivity index is 1.33. The molecule has 1 aromatic heterocycles. The Morgan fingerprint density at radius 3 is 2.30 bits per heavy atom. The average Bonchev–Trinajstić information content (AvgIpc) is 3.11. The Morgan fingerprint density at radius 2 is 1.63 bits per heavy atom. The van der Waals surface area contributed by atoms with Crippen molar-refractivity contribution in [3.05, 3.63) is 35.0 Å². The second-order valence-electron chi connectivity index (χ2n) is 9.54. The van der Waals surface area contributed by atoms with Gasteiger partial charge in [-0.1, -0.05) is 19.9 Å². The zero-order valence-electron chi connectivity index (χ0n) is 18.7. The number of benzene rings is 1. The Hall–Kier alpha value is -2.34. The van der Waals surface area contributed by atoms with E-state index < -0.39 is 0 Å². The number of carbonyl (C=O) groups is 2. The predicted molar refractivity (Wildman–Crippen MR) is 120 cm³/mol. The zero-order chi connectivity index (χ0) is 21.4. The van der Waals surface area contributed by atoms with E-state index in [0.29, 0.717) is 37.2 Å². The normalized spacial score (nSPS) is 23.2. The lowest BCUT2D eigenvalue weighted by Gasteiger charge is -2.38. The number of hydrogen-bond donors (Lipinski definition) is 1. The quantitative estimate of drug-likeness (QED) is 0.846. The third-order valence-electron chi connectivity index (χ3n) is 6.56. The van der Waals surface area contributed by atoms with Gasteiger partial charge in [0.25, 0.3) is 5.91 Å². The number of nitrogens with one attached hydrogen (secondary N) is 1. The van der Waals surface area contributed by atoms with E-state index in [1.807, 2.05) is 15.9 Å². The summed E-state index contributed by atoms with van der Waals surface area (Å²) in [6.45, 7) is 13.6. The van der Waals surface area contributed by atoms with Gasteiger partial charge in [0.15, 0.2) is 0 Å². The van der Waals surface area contributed by atoms with Crippen LogP contribution < -0.4 is 0 Å². The molecule has 0 bridgehead atoms. The lowest BCUT2D eigenvalue weighted by Crippen LogP contribution is -2.53. The summed E-state index contributed by atoms with van der Waals surface area (Å²) in [6.07, 6.45) is 1.21. The van der Waals surface area contributed by atoms with Crippen molar-refractivity contribution < 1.29 is 9.59 Å². The van der Waals surface area contributed by atoms with E-state index in [1.165, 1.54) is 17.5 Å². The number of piperidine rings is 1.